The molecule has 1 atom stereocenters. The standard InChI is InChI=1S/C21H22ClN3O2/c1-15-2-5-18(22)10-20(15)25-9-8-17(13-25)12-24-21(26)14-27-19-6-3-16(11-23)4-7-19/h2-7,10,17H,8-9,12-14H2,1H3,(H,24,26). The topological polar surface area (TPSA) is 65.4 Å². The van der Waals surface area contributed by atoms with Gasteiger partial charge in [0.25, 0.3) is 5.91 Å². The molecule has 1 amide bonds. The lowest BCUT2D eigenvalue weighted by Crippen LogP contribution is -2.34. The Hall–Kier alpha value is -2.71. The summed E-state index contributed by atoms with van der Waals surface area (Å²) in [5.74, 6) is 0.839. The molecule has 1 aliphatic heterocycles. The van der Waals surface area contributed by atoms with Crippen molar-refractivity contribution in [1.82, 2.24) is 5.32 Å². The summed E-state index contributed by atoms with van der Waals surface area (Å²) in [7, 11) is 0. The maximum atomic E-state index is 12.0. The summed E-state index contributed by atoms with van der Waals surface area (Å²) in [4.78, 5) is 14.4. The molecule has 5 nitrogen and oxygen atoms in total. The molecule has 2 aromatic carbocycles. The van der Waals surface area contributed by atoms with E-state index in [1.165, 1.54) is 11.3 Å². The third kappa shape index (κ3) is 5.15. The van der Waals surface area contributed by atoms with Crippen LogP contribution in [0, 0.1) is 24.2 Å². The van der Waals surface area contributed by atoms with E-state index in [0.717, 1.165) is 24.5 Å². The summed E-state index contributed by atoms with van der Waals surface area (Å²) in [6, 6.07) is 14.7. The van der Waals surface area contributed by atoms with Crippen LogP contribution >= 0.6 is 11.6 Å². The molecule has 0 radical (unpaired) electrons. The second-order valence-corrected chi connectivity index (χ2v) is 7.20. The van der Waals surface area contributed by atoms with Gasteiger partial charge in [0, 0.05) is 30.3 Å². The molecule has 1 unspecified atom stereocenters. The summed E-state index contributed by atoms with van der Waals surface area (Å²) >= 11 is 6.12. The van der Waals surface area contributed by atoms with Crippen molar-refractivity contribution < 1.29 is 9.53 Å². The van der Waals surface area contributed by atoms with Crippen molar-refractivity contribution in [3.8, 4) is 11.8 Å². The zero-order valence-corrected chi connectivity index (χ0v) is 16.0. The number of carbonyl (C=O) groups is 1. The highest BCUT2D eigenvalue weighted by atomic mass is 35.5. The minimum atomic E-state index is -0.142. The minimum absolute atomic E-state index is 0.0320. The highest BCUT2D eigenvalue weighted by Crippen LogP contribution is 2.29. The van der Waals surface area contributed by atoms with Crippen LogP contribution in [0.4, 0.5) is 5.69 Å². The van der Waals surface area contributed by atoms with Gasteiger partial charge in [0.1, 0.15) is 5.75 Å². The molecule has 3 rings (SSSR count). The molecule has 0 aliphatic carbocycles. The number of rotatable bonds is 6. The quantitative estimate of drug-likeness (QED) is 0.828. The molecule has 1 fully saturated rings. The van der Waals surface area contributed by atoms with Crippen LogP contribution in [0.25, 0.3) is 0 Å². The molecular weight excluding hydrogens is 362 g/mol. The molecule has 0 saturated carbocycles. The molecule has 27 heavy (non-hydrogen) atoms. The highest BCUT2D eigenvalue weighted by molar-refractivity contribution is 6.30. The Kier molecular flexibility index (Phi) is 6.20. The van der Waals surface area contributed by atoms with E-state index in [4.69, 9.17) is 21.6 Å². The lowest BCUT2D eigenvalue weighted by atomic mass is 10.1. The fourth-order valence-electron chi connectivity index (χ4n) is 3.23. The number of carbonyl (C=O) groups excluding carboxylic acids is 1. The van der Waals surface area contributed by atoms with Crippen LogP contribution in [-0.4, -0.2) is 32.1 Å². The van der Waals surface area contributed by atoms with Crippen molar-refractivity contribution in [2.24, 2.45) is 5.92 Å². The van der Waals surface area contributed by atoms with Gasteiger partial charge >= 0.3 is 0 Å². The largest absolute Gasteiger partial charge is 0.484 e. The zero-order chi connectivity index (χ0) is 19.2. The van der Waals surface area contributed by atoms with Crippen LogP contribution in [0.3, 0.4) is 0 Å². The first-order valence-corrected chi connectivity index (χ1v) is 9.33. The van der Waals surface area contributed by atoms with Gasteiger partial charge in [-0.25, -0.2) is 0 Å². The van der Waals surface area contributed by atoms with E-state index in [-0.39, 0.29) is 12.5 Å². The third-order valence-electron chi connectivity index (χ3n) is 4.74. The number of aryl methyl sites for hydroxylation is 1. The number of ether oxygens (including phenoxy) is 1. The number of nitrogens with zero attached hydrogens (tertiary/aromatic N) is 2. The SMILES string of the molecule is Cc1ccc(Cl)cc1N1CCC(CNC(=O)COc2ccc(C#N)cc2)C1. The molecule has 1 saturated heterocycles. The van der Waals surface area contributed by atoms with Gasteiger partial charge in [-0.2, -0.15) is 5.26 Å². The minimum Gasteiger partial charge on any atom is -0.484 e. The maximum absolute atomic E-state index is 12.0. The summed E-state index contributed by atoms with van der Waals surface area (Å²) in [5.41, 5.74) is 2.94. The van der Waals surface area contributed by atoms with Gasteiger partial charge in [-0.1, -0.05) is 17.7 Å². The van der Waals surface area contributed by atoms with Gasteiger partial charge in [-0.15, -0.1) is 0 Å². The number of nitrogens with one attached hydrogen (secondary N) is 1. The van der Waals surface area contributed by atoms with E-state index >= 15 is 0 Å². The monoisotopic (exact) mass is 383 g/mol. The Balaban J connectivity index is 1.43. The van der Waals surface area contributed by atoms with Crippen molar-refractivity contribution in [3.05, 3.63) is 58.6 Å². The van der Waals surface area contributed by atoms with Gasteiger partial charge in [0.05, 0.1) is 11.6 Å². The second kappa shape index (κ2) is 8.79. The number of anilines is 1. The van der Waals surface area contributed by atoms with E-state index in [1.54, 1.807) is 24.3 Å². The first kappa shape index (κ1) is 19.1. The van der Waals surface area contributed by atoms with Gasteiger partial charge in [0.2, 0.25) is 0 Å². The molecule has 140 valence electrons. The predicted octanol–water partition coefficient (Wildman–Crippen LogP) is 3.54. The van der Waals surface area contributed by atoms with Crippen LogP contribution in [0.1, 0.15) is 17.5 Å². The number of benzene rings is 2. The predicted molar refractivity (Wildman–Crippen MR) is 106 cm³/mol. The molecule has 0 spiro atoms. The van der Waals surface area contributed by atoms with Crippen LogP contribution in [-0.2, 0) is 4.79 Å². The Labute approximate surface area is 164 Å². The van der Waals surface area contributed by atoms with Gasteiger partial charge in [0.15, 0.2) is 6.61 Å². The Morgan fingerprint density at radius 2 is 2.11 bits per heavy atom. The summed E-state index contributed by atoms with van der Waals surface area (Å²) in [6.07, 6.45) is 1.03. The average Bonchev–Trinajstić information content (AvgIpc) is 3.16. The lowest BCUT2D eigenvalue weighted by molar-refractivity contribution is -0.123. The highest BCUT2D eigenvalue weighted by Gasteiger charge is 2.24. The van der Waals surface area contributed by atoms with Crippen molar-refractivity contribution in [1.29, 1.82) is 5.26 Å². The van der Waals surface area contributed by atoms with Crippen LogP contribution < -0.4 is 15.0 Å². The second-order valence-electron chi connectivity index (χ2n) is 6.76. The molecule has 2 aromatic rings. The van der Waals surface area contributed by atoms with Crippen molar-refractivity contribution in [2.75, 3.05) is 31.1 Å². The fraction of sp³-hybridized carbons (Fsp3) is 0.333. The maximum Gasteiger partial charge on any atom is 0.257 e. The Morgan fingerprint density at radius 1 is 1.33 bits per heavy atom. The van der Waals surface area contributed by atoms with Crippen molar-refractivity contribution >= 4 is 23.2 Å². The van der Waals surface area contributed by atoms with E-state index in [0.29, 0.717) is 23.8 Å². The van der Waals surface area contributed by atoms with E-state index < -0.39 is 0 Å². The Morgan fingerprint density at radius 3 is 2.85 bits per heavy atom. The molecule has 0 bridgehead atoms. The molecule has 0 aromatic heterocycles. The third-order valence-corrected chi connectivity index (χ3v) is 4.97. The molecule has 6 heteroatoms. The first-order valence-electron chi connectivity index (χ1n) is 8.96. The normalized spacial score (nSPS) is 16.0. The summed E-state index contributed by atoms with van der Waals surface area (Å²) in [6.45, 7) is 4.55. The summed E-state index contributed by atoms with van der Waals surface area (Å²) < 4.78 is 5.46. The number of hydrogen-bond donors (Lipinski definition) is 1. The molecular formula is C21H22ClN3O2. The number of nitriles is 1. The number of amides is 1. The van der Waals surface area contributed by atoms with Crippen LogP contribution in [0.2, 0.25) is 5.02 Å². The smallest absolute Gasteiger partial charge is 0.257 e. The molecule has 1 aliphatic rings. The van der Waals surface area contributed by atoms with E-state index in [2.05, 4.69) is 17.1 Å². The van der Waals surface area contributed by atoms with Crippen LogP contribution in [0.5, 0.6) is 5.75 Å². The van der Waals surface area contributed by atoms with E-state index in [9.17, 15) is 4.79 Å². The van der Waals surface area contributed by atoms with E-state index in [1.807, 2.05) is 24.3 Å². The number of halogens is 1. The fourth-order valence-corrected chi connectivity index (χ4v) is 3.39. The lowest BCUT2D eigenvalue weighted by Gasteiger charge is -2.21. The van der Waals surface area contributed by atoms with Crippen molar-refractivity contribution in [2.45, 2.75) is 13.3 Å². The number of hydrogen-bond acceptors (Lipinski definition) is 4. The summed E-state index contributed by atoms with van der Waals surface area (Å²) in [5, 5.41) is 12.5. The van der Waals surface area contributed by atoms with Gasteiger partial charge in [-0.05, 0) is 61.2 Å². The average molecular weight is 384 g/mol. The van der Waals surface area contributed by atoms with Gasteiger partial charge < -0.3 is 15.0 Å². The zero-order valence-electron chi connectivity index (χ0n) is 15.2. The molecule has 1 N–H and O–H groups in total. The Bertz CT molecular complexity index is 845. The molecule has 1 heterocycles. The first-order chi connectivity index (χ1) is 13.0. The van der Waals surface area contributed by atoms with Crippen molar-refractivity contribution in [3.63, 3.8) is 0 Å². The van der Waals surface area contributed by atoms with Gasteiger partial charge in [-0.3, -0.25) is 4.79 Å². The van der Waals surface area contributed by atoms with Crippen LogP contribution in [0.15, 0.2) is 42.5 Å².